The van der Waals surface area contributed by atoms with Crippen molar-refractivity contribution in [1.29, 1.82) is 0 Å². The molecule has 0 atom stereocenters. The molecule has 0 N–H and O–H groups in total. The van der Waals surface area contributed by atoms with Crippen molar-refractivity contribution < 1.29 is 7.50 Å². The van der Waals surface area contributed by atoms with Crippen molar-refractivity contribution in [2.75, 3.05) is 0 Å². The fourth-order valence-electron chi connectivity index (χ4n) is 1.49. The molecular formula is C10H13HfI3. The van der Waals surface area contributed by atoms with Gasteiger partial charge in [0.2, 0.25) is 0 Å². The van der Waals surface area contributed by atoms with Gasteiger partial charge in [-0.3, -0.25) is 0 Å². The van der Waals surface area contributed by atoms with Gasteiger partial charge in [-0.1, -0.05) is 0 Å². The number of rotatable bonds is 3. The van der Waals surface area contributed by atoms with Crippen molar-refractivity contribution in [3.63, 3.8) is 0 Å². The van der Waals surface area contributed by atoms with E-state index in [0.29, 0.717) is 5.41 Å². The minimum atomic E-state index is -1.88. The monoisotopic (exact) mass is 694 g/mol. The number of halogens is 3. The van der Waals surface area contributed by atoms with Crippen molar-refractivity contribution in [2.45, 2.75) is 23.4 Å². The number of benzene rings is 1. The fraction of sp³-hybridized carbons (Fsp3) is 0.400. The summed E-state index contributed by atoms with van der Waals surface area (Å²) in [6.07, 6.45) is 0. The van der Waals surface area contributed by atoms with Crippen molar-refractivity contribution in [3.05, 3.63) is 35.9 Å². The summed E-state index contributed by atoms with van der Waals surface area (Å²) in [6, 6.07) is 10.9. The summed E-state index contributed by atoms with van der Waals surface area (Å²) >= 11 is 8.17. The molecule has 1 rings (SSSR count). The van der Waals surface area contributed by atoms with E-state index in [9.17, 15) is 0 Å². The van der Waals surface area contributed by atoms with Crippen molar-refractivity contribution in [1.82, 2.24) is 0 Å². The second kappa shape index (κ2) is 5.75. The molecule has 0 aliphatic heterocycles. The van der Waals surface area contributed by atoms with E-state index >= 15 is 0 Å². The van der Waals surface area contributed by atoms with Crippen molar-refractivity contribution in [3.8, 4) is 0 Å². The molecule has 14 heavy (non-hydrogen) atoms. The van der Waals surface area contributed by atoms with Crippen LogP contribution >= 0.6 is 54.4 Å². The van der Waals surface area contributed by atoms with Crippen LogP contribution in [0.15, 0.2) is 30.3 Å². The number of hydrogen-bond donors (Lipinski definition) is 0. The Morgan fingerprint density at radius 2 is 1.57 bits per heavy atom. The zero-order valence-electron chi connectivity index (χ0n) is 8.23. The van der Waals surface area contributed by atoms with E-state index in [1.807, 2.05) is 0 Å². The predicted octanol–water partition coefficient (Wildman–Crippen LogP) is 5.59. The fourth-order valence-corrected chi connectivity index (χ4v) is 29.2. The Bertz CT molecular complexity index is 290. The predicted molar refractivity (Wildman–Crippen MR) is 86.3 cm³/mol. The van der Waals surface area contributed by atoms with E-state index < -0.39 is 7.50 Å². The Kier molecular flexibility index (Phi) is 5.89. The summed E-state index contributed by atoms with van der Waals surface area (Å²) in [5, 5.41) is 0. The number of hydrogen-bond acceptors (Lipinski definition) is 0. The summed E-state index contributed by atoms with van der Waals surface area (Å²) in [6.45, 7) is 4.74. The van der Waals surface area contributed by atoms with E-state index in [2.05, 4.69) is 98.6 Å². The molecule has 0 unspecified atom stereocenters. The molecule has 0 fully saturated rings. The van der Waals surface area contributed by atoms with Gasteiger partial charge in [0.25, 0.3) is 0 Å². The molecular weight excluding hydrogens is 679 g/mol. The van der Waals surface area contributed by atoms with E-state index in [4.69, 9.17) is 0 Å². The minimum absolute atomic E-state index is 0.354. The SMILES string of the molecule is CC(C)([CH2][Hf]([I])([I])[I])c1ccccc1. The molecule has 0 aliphatic rings. The van der Waals surface area contributed by atoms with E-state index in [0.717, 1.165) is 0 Å². The first-order valence-electron chi connectivity index (χ1n) is 4.43. The van der Waals surface area contributed by atoms with Gasteiger partial charge < -0.3 is 0 Å². The summed E-state index contributed by atoms with van der Waals surface area (Å²) < 4.78 is 1.39. The molecule has 0 saturated heterocycles. The third-order valence-corrected chi connectivity index (χ3v) is 16.2. The standard InChI is InChI=1S/C10H13.Hf.3HI/c1-10(2,3)9-7-5-4-6-8-9;;;;/h4-8H,1H2,2-3H3;;3*1H/q;+3;;;/p-3. The summed E-state index contributed by atoms with van der Waals surface area (Å²) in [5.41, 5.74) is 1.83. The van der Waals surface area contributed by atoms with E-state index in [-0.39, 0.29) is 0 Å². The molecule has 0 aromatic heterocycles. The van der Waals surface area contributed by atoms with Crippen LogP contribution < -0.4 is 0 Å². The Balaban J connectivity index is 2.86. The normalized spacial score (nSPS) is 12.9. The first kappa shape index (κ1) is 14.3. The van der Waals surface area contributed by atoms with Gasteiger partial charge in [0.15, 0.2) is 0 Å². The van der Waals surface area contributed by atoms with Crippen LogP contribution in [0.5, 0.6) is 0 Å². The van der Waals surface area contributed by atoms with Crippen LogP contribution in [-0.2, 0) is 12.9 Å². The zero-order valence-corrected chi connectivity index (χ0v) is 18.3. The first-order chi connectivity index (χ1) is 6.31. The molecule has 4 heteroatoms. The third kappa shape index (κ3) is 5.07. The van der Waals surface area contributed by atoms with Gasteiger partial charge in [-0.15, -0.1) is 0 Å². The van der Waals surface area contributed by atoms with E-state index in [1.165, 1.54) is 9.74 Å². The molecule has 0 amide bonds. The van der Waals surface area contributed by atoms with E-state index in [1.54, 1.807) is 0 Å². The maximum absolute atomic E-state index is 2.72. The van der Waals surface area contributed by atoms with Gasteiger partial charge in [0.05, 0.1) is 0 Å². The summed E-state index contributed by atoms with van der Waals surface area (Å²) in [5.74, 6) is 0. The molecule has 0 radical (unpaired) electrons. The molecule has 0 saturated carbocycles. The van der Waals surface area contributed by atoms with Crippen molar-refractivity contribution in [2.24, 2.45) is 0 Å². The third-order valence-electron chi connectivity index (χ3n) is 2.20. The quantitative estimate of drug-likeness (QED) is 0.287. The van der Waals surface area contributed by atoms with Crippen LogP contribution in [0.2, 0.25) is 4.18 Å². The Hall–Kier alpha value is 2.28. The summed E-state index contributed by atoms with van der Waals surface area (Å²) in [4.78, 5) is 0. The van der Waals surface area contributed by atoms with Crippen LogP contribution in [0.4, 0.5) is 0 Å². The molecule has 0 aliphatic carbocycles. The van der Waals surface area contributed by atoms with Gasteiger partial charge in [-0.2, -0.15) is 0 Å². The summed E-state index contributed by atoms with van der Waals surface area (Å²) in [7, 11) is -1.88. The Labute approximate surface area is 119 Å². The average molecular weight is 692 g/mol. The molecule has 78 valence electrons. The topological polar surface area (TPSA) is 0 Å². The second-order valence-electron chi connectivity index (χ2n) is 4.04. The average Bonchev–Trinajstić information content (AvgIpc) is 2.01. The van der Waals surface area contributed by atoms with Gasteiger partial charge in [-0.25, -0.2) is 0 Å². The Morgan fingerprint density at radius 1 is 1.07 bits per heavy atom. The maximum atomic E-state index is 2.72. The van der Waals surface area contributed by atoms with Crippen LogP contribution in [-0.4, -0.2) is 0 Å². The molecule has 1 aromatic carbocycles. The Morgan fingerprint density at radius 3 is 2.00 bits per heavy atom. The van der Waals surface area contributed by atoms with Gasteiger partial charge in [-0.05, 0) is 0 Å². The van der Waals surface area contributed by atoms with Crippen LogP contribution in [0.1, 0.15) is 19.4 Å². The molecule has 0 bridgehead atoms. The molecule has 1 aromatic rings. The van der Waals surface area contributed by atoms with Crippen LogP contribution in [0, 0.1) is 0 Å². The second-order valence-corrected chi connectivity index (χ2v) is 106. The molecule has 0 spiro atoms. The van der Waals surface area contributed by atoms with Gasteiger partial charge in [0, 0.05) is 0 Å². The molecule has 0 heterocycles. The van der Waals surface area contributed by atoms with Gasteiger partial charge >= 0.3 is 121 Å². The zero-order chi connectivity index (χ0) is 10.8. The van der Waals surface area contributed by atoms with Crippen molar-refractivity contribution >= 4 is 54.4 Å². The molecule has 0 nitrogen and oxygen atoms in total. The van der Waals surface area contributed by atoms with Crippen LogP contribution in [0.3, 0.4) is 0 Å². The first-order valence-corrected chi connectivity index (χ1v) is 37.5. The van der Waals surface area contributed by atoms with Gasteiger partial charge in [0.1, 0.15) is 0 Å². The van der Waals surface area contributed by atoms with Crippen LogP contribution in [0.25, 0.3) is 0 Å².